The quantitative estimate of drug-likeness (QED) is 0.907. The van der Waals surface area contributed by atoms with Crippen molar-refractivity contribution in [2.45, 2.75) is 12.8 Å². The van der Waals surface area contributed by atoms with Crippen LogP contribution in [0.25, 0.3) is 10.8 Å². The molecule has 0 saturated carbocycles. The monoisotopic (exact) mass is 248 g/mol. The van der Waals surface area contributed by atoms with Gasteiger partial charge in [-0.2, -0.15) is 0 Å². The summed E-state index contributed by atoms with van der Waals surface area (Å²) in [5.74, 6) is -1.57. The zero-order valence-electron chi connectivity index (χ0n) is 10.1. The number of rotatable bonds is 3. The molecule has 0 amide bonds. The molecule has 3 nitrogen and oxygen atoms in total. The number of ether oxygens (including phenoxy) is 1. The minimum absolute atomic E-state index is 0.427. The normalized spacial score (nSPS) is 12.4. The first-order valence-electron chi connectivity index (χ1n) is 5.53. The van der Waals surface area contributed by atoms with Gasteiger partial charge in [-0.1, -0.05) is 12.1 Å². The number of hydrogen-bond acceptors (Lipinski definition) is 2. The molecule has 0 aliphatic heterocycles. The fourth-order valence-corrected chi connectivity index (χ4v) is 1.83. The van der Waals surface area contributed by atoms with Crippen molar-refractivity contribution in [3.8, 4) is 5.75 Å². The molecule has 0 aromatic heterocycles. The fraction of sp³-hybridized carbons (Fsp3) is 0.214. The molecule has 4 heteroatoms. The van der Waals surface area contributed by atoms with E-state index in [1.165, 1.54) is 20.1 Å². The Bertz CT molecular complexity index is 607. The van der Waals surface area contributed by atoms with E-state index in [1.807, 2.05) is 0 Å². The summed E-state index contributed by atoms with van der Waals surface area (Å²) in [6.07, 6.45) is 0. The molecular weight excluding hydrogens is 235 g/mol. The van der Waals surface area contributed by atoms with Crippen molar-refractivity contribution in [1.29, 1.82) is 0 Å². The molecule has 18 heavy (non-hydrogen) atoms. The molecule has 0 radical (unpaired) electrons. The molecule has 0 spiro atoms. The summed E-state index contributed by atoms with van der Waals surface area (Å²) in [5.41, 5.74) is 0.456. The molecule has 0 fully saturated rings. The highest BCUT2D eigenvalue weighted by Gasteiger charge is 2.16. The van der Waals surface area contributed by atoms with Crippen molar-refractivity contribution in [2.24, 2.45) is 0 Å². The van der Waals surface area contributed by atoms with E-state index in [9.17, 15) is 9.18 Å². The molecule has 94 valence electrons. The van der Waals surface area contributed by atoms with E-state index in [4.69, 9.17) is 9.84 Å². The third-order valence-electron chi connectivity index (χ3n) is 3.00. The SMILES string of the molecule is COc1ccc2cc(C(C)C(=O)O)cc(F)c2c1. The molecule has 0 aliphatic rings. The summed E-state index contributed by atoms with van der Waals surface area (Å²) in [6, 6.07) is 7.99. The molecule has 0 heterocycles. The lowest BCUT2D eigenvalue weighted by Crippen LogP contribution is -2.07. The standard InChI is InChI=1S/C14H13FO3/c1-8(14(16)17)10-5-9-3-4-11(18-2)7-12(9)13(15)6-10/h3-8H,1-2H3,(H,16,17). The Morgan fingerprint density at radius 3 is 2.67 bits per heavy atom. The predicted octanol–water partition coefficient (Wildman–Crippen LogP) is 3.18. The molecular formula is C14H13FO3. The molecule has 2 rings (SSSR count). The van der Waals surface area contributed by atoms with Gasteiger partial charge in [-0.15, -0.1) is 0 Å². The van der Waals surface area contributed by atoms with Gasteiger partial charge in [0.05, 0.1) is 13.0 Å². The second kappa shape index (κ2) is 4.64. The van der Waals surface area contributed by atoms with Crippen LogP contribution in [0.15, 0.2) is 30.3 Å². The predicted molar refractivity (Wildman–Crippen MR) is 66.5 cm³/mol. The third kappa shape index (κ3) is 2.14. The van der Waals surface area contributed by atoms with Crippen LogP contribution in [0.4, 0.5) is 4.39 Å². The van der Waals surface area contributed by atoms with Gasteiger partial charge in [0.15, 0.2) is 0 Å². The topological polar surface area (TPSA) is 46.5 Å². The molecule has 0 saturated heterocycles. The number of carbonyl (C=O) groups is 1. The maximum atomic E-state index is 13.9. The lowest BCUT2D eigenvalue weighted by molar-refractivity contribution is -0.138. The Morgan fingerprint density at radius 2 is 2.06 bits per heavy atom. The number of halogens is 1. The van der Waals surface area contributed by atoms with Crippen LogP contribution in [0.5, 0.6) is 5.75 Å². The van der Waals surface area contributed by atoms with E-state index < -0.39 is 17.7 Å². The molecule has 0 aliphatic carbocycles. The number of fused-ring (bicyclic) bond motifs is 1. The maximum absolute atomic E-state index is 13.9. The Hall–Kier alpha value is -2.10. The van der Waals surface area contributed by atoms with Gasteiger partial charge >= 0.3 is 5.97 Å². The smallest absolute Gasteiger partial charge is 0.310 e. The molecule has 0 bridgehead atoms. The Balaban J connectivity index is 2.60. The first kappa shape index (κ1) is 12.4. The van der Waals surface area contributed by atoms with Crippen LogP contribution in [0.3, 0.4) is 0 Å². The van der Waals surface area contributed by atoms with Crippen molar-refractivity contribution >= 4 is 16.7 Å². The van der Waals surface area contributed by atoms with Crippen LogP contribution < -0.4 is 4.74 Å². The summed E-state index contributed by atoms with van der Waals surface area (Å²) in [5, 5.41) is 10.0. The number of methoxy groups -OCH3 is 1. The second-order valence-electron chi connectivity index (χ2n) is 4.15. The van der Waals surface area contributed by atoms with E-state index in [0.717, 1.165) is 0 Å². The van der Waals surface area contributed by atoms with Crippen molar-refractivity contribution < 1.29 is 19.0 Å². The van der Waals surface area contributed by atoms with Crippen LogP contribution >= 0.6 is 0 Å². The zero-order chi connectivity index (χ0) is 13.3. The average Bonchev–Trinajstić information content (AvgIpc) is 2.37. The summed E-state index contributed by atoms with van der Waals surface area (Å²) >= 11 is 0. The van der Waals surface area contributed by atoms with Gasteiger partial charge in [-0.3, -0.25) is 4.79 Å². The van der Waals surface area contributed by atoms with Gasteiger partial charge in [-0.05, 0) is 36.1 Å². The number of benzene rings is 2. The van der Waals surface area contributed by atoms with E-state index in [2.05, 4.69) is 0 Å². The van der Waals surface area contributed by atoms with Crippen LogP contribution in [0.1, 0.15) is 18.4 Å². The van der Waals surface area contributed by atoms with Crippen molar-refractivity contribution in [2.75, 3.05) is 7.11 Å². The summed E-state index contributed by atoms with van der Waals surface area (Å²) in [6.45, 7) is 1.53. The lowest BCUT2D eigenvalue weighted by atomic mass is 9.97. The first-order chi connectivity index (χ1) is 8.52. The fourth-order valence-electron chi connectivity index (χ4n) is 1.83. The minimum Gasteiger partial charge on any atom is -0.497 e. The second-order valence-corrected chi connectivity index (χ2v) is 4.15. The maximum Gasteiger partial charge on any atom is 0.310 e. The largest absolute Gasteiger partial charge is 0.497 e. The Labute approximate surface area is 104 Å². The summed E-state index contributed by atoms with van der Waals surface area (Å²) in [4.78, 5) is 10.9. The van der Waals surface area contributed by atoms with E-state index in [1.54, 1.807) is 24.3 Å². The van der Waals surface area contributed by atoms with E-state index in [-0.39, 0.29) is 0 Å². The van der Waals surface area contributed by atoms with Gasteiger partial charge in [0.25, 0.3) is 0 Å². The van der Waals surface area contributed by atoms with Gasteiger partial charge in [-0.25, -0.2) is 4.39 Å². The lowest BCUT2D eigenvalue weighted by Gasteiger charge is -2.10. The first-order valence-corrected chi connectivity index (χ1v) is 5.53. The average molecular weight is 248 g/mol. The van der Waals surface area contributed by atoms with Crippen molar-refractivity contribution in [3.05, 3.63) is 41.7 Å². The Morgan fingerprint density at radius 1 is 1.33 bits per heavy atom. The van der Waals surface area contributed by atoms with Gasteiger partial charge in [0.1, 0.15) is 11.6 Å². The van der Waals surface area contributed by atoms with Gasteiger partial charge in [0, 0.05) is 5.39 Å². The van der Waals surface area contributed by atoms with Crippen molar-refractivity contribution in [3.63, 3.8) is 0 Å². The molecule has 1 atom stereocenters. The van der Waals surface area contributed by atoms with Crippen molar-refractivity contribution in [1.82, 2.24) is 0 Å². The number of hydrogen-bond donors (Lipinski definition) is 1. The zero-order valence-corrected chi connectivity index (χ0v) is 10.1. The van der Waals surface area contributed by atoms with Crippen LogP contribution in [-0.4, -0.2) is 18.2 Å². The highest BCUT2D eigenvalue weighted by Crippen LogP contribution is 2.27. The minimum atomic E-state index is -0.970. The number of carboxylic acid groups (broad SMARTS) is 1. The molecule has 2 aromatic rings. The number of aliphatic carboxylic acids is 1. The Kier molecular flexibility index (Phi) is 3.19. The third-order valence-corrected chi connectivity index (χ3v) is 3.00. The van der Waals surface area contributed by atoms with Gasteiger partial charge in [0.2, 0.25) is 0 Å². The molecule has 1 unspecified atom stereocenters. The van der Waals surface area contributed by atoms with Crippen LogP contribution in [0.2, 0.25) is 0 Å². The molecule has 2 aromatic carbocycles. The highest BCUT2D eigenvalue weighted by atomic mass is 19.1. The number of carboxylic acids is 1. The van der Waals surface area contributed by atoms with Gasteiger partial charge < -0.3 is 9.84 Å². The summed E-state index contributed by atoms with van der Waals surface area (Å²) in [7, 11) is 1.51. The summed E-state index contributed by atoms with van der Waals surface area (Å²) < 4.78 is 19.0. The van der Waals surface area contributed by atoms with E-state index >= 15 is 0 Å². The molecule has 1 N–H and O–H groups in total. The van der Waals surface area contributed by atoms with Crippen LogP contribution in [0, 0.1) is 5.82 Å². The highest BCUT2D eigenvalue weighted by molar-refractivity contribution is 5.87. The van der Waals surface area contributed by atoms with Crippen LogP contribution in [-0.2, 0) is 4.79 Å². The van der Waals surface area contributed by atoms with E-state index in [0.29, 0.717) is 22.1 Å².